The normalized spacial score (nSPS) is 11.0. The molecular formula is C23H22N4O2. The number of ether oxygens (including phenoxy) is 1. The molecule has 6 nitrogen and oxygen atoms in total. The first-order valence-corrected chi connectivity index (χ1v) is 9.49. The smallest absolute Gasteiger partial charge is 0.255 e. The van der Waals surface area contributed by atoms with Gasteiger partial charge in [0.25, 0.3) is 5.91 Å². The number of aromatic nitrogens is 3. The van der Waals surface area contributed by atoms with Crippen molar-refractivity contribution in [3.8, 4) is 16.9 Å². The fraction of sp³-hybridized carbons (Fsp3) is 0.174. The first-order valence-electron chi connectivity index (χ1n) is 9.49. The van der Waals surface area contributed by atoms with Gasteiger partial charge in [0.1, 0.15) is 5.75 Å². The Bertz CT molecular complexity index is 1160. The third kappa shape index (κ3) is 3.82. The lowest BCUT2D eigenvalue weighted by Crippen LogP contribution is -2.12. The molecule has 0 saturated heterocycles. The van der Waals surface area contributed by atoms with Crippen LogP contribution in [0.5, 0.6) is 5.75 Å². The van der Waals surface area contributed by atoms with E-state index in [2.05, 4.69) is 20.5 Å². The van der Waals surface area contributed by atoms with E-state index in [1.54, 1.807) is 36.7 Å². The molecule has 0 radical (unpaired) electrons. The molecule has 146 valence electrons. The van der Waals surface area contributed by atoms with E-state index in [1.807, 2.05) is 45.0 Å². The number of carbonyl (C=O) groups is 1. The molecule has 0 aliphatic carbocycles. The van der Waals surface area contributed by atoms with Crippen LogP contribution in [0.1, 0.15) is 29.9 Å². The lowest BCUT2D eigenvalue weighted by molar-refractivity contribution is 0.102. The molecule has 1 amide bonds. The molecule has 2 N–H and O–H groups in total. The molecule has 0 unspecified atom stereocenters. The van der Waals surface area contributed by atoms with Crippen molar-refractivity contribution in [2.45, 2.75) is 26.9 Å². The molecule has 0 aliphatic heterocycles. The Hall–Kier alpha value is -3.67. The third-order valence-corrected chi connectivity index (χ3v) is 4.63. The Morgan fingerprint density at radius 1 is 1.07 bits per heavy atom. The van der Waals surface area contributed by atoms with E-state index in [-0.39, 0.29) is 12.0 Å². The molecule has 0 aliphatic rings. The highest BCUT2D eigenvalue weighted by Crippen LogP contribution is 2.32. The molecule has 6 heteroatoms. The fourth-order valence-corrected chi connectivity index (χ4v) is 3.29. The highest BCUT2D eigenvalue weighted by molar-refractivity contribution is 6.10. The monoisotopic (exact) mass is 386 g/mol. The molecule has 0 fully saturated rings. The second-order valence-corrected chi connectivity index (χ2v) is 7.11. The lowest BCUT2D eigenvalue weighted by atomic mass is 10.0. The van der Waals surface area contributed by atoms with Gasteiger partial charge in [-0.3, -0.25) is 14.9 Å². The van der Waals surface area contributed by atoms with E-state index in [0.717, 1.165) is 33.5 Å². The van der Waals surface area contributed by atoms with Crippen LogP contribution in [0.25, 0.3) is 22.0 Å². The number of amides is 1. The summed E-state index contributed by atoms with van der Waals surface area (Å²) in [4.78, 5) is 17.3. The van der Waals surface area contributed by atoms with E-state index < -0.39 is 0 Å². The van der Waals surface area contributed by atoms with Gasteiger partial charge in [-0.2, -0.15) is 5.10 Å². The van der Waals surface area contributed by atoms with Gasteiger partial charge in [-0.15, -0.1) is 0 Å². The number of hydrogen-bond donors (Lipinski definition) is 2. The zero-order valence-corrected chi connectivity index (χ0v) is 16.6. The number of aromatic amines is 1. The lowest BCUT2D eigenvalue weighted by Gasteiger charge is -2.12. The third-order valence-electron chi connectivity index (χ3n) is 4.63. The molecular weight excluding hydrogens is 364 g/mol. The van der Waals surface area contributed by atoms with Gasteiger partial charge < -0.3 is 10.1 Å². The van der Waals surface area contributed by atoms with Gasteiger partial charge in [0.2, 0.25) is 0 Å². The highest BCUT2D eigenvalue weighted by Gasteiger charge is 2.13. The van der Waals surface area contributed by atoms with Crippen molar-refractivity contribution < 1.29 is 9.53 Å². The average molecular weight is 386 g/mol. The van der Waals surface area contributed by atoms with Crippen molar-refractivity contribution in [3.63, 3.8) is 0 Å². The Labute approximate surface area is 168 Å². The molecule has 4 rings (SSSR count). The maximum Gasteiger partial charge on any atom is 0.255 e. The summed E-state index contributed by atoms with van der Waals surface area (Å²) in [6, 6.07) is 14.8. The van der Waals surface area contributed by atoms with Gasteiger partial charge in [-0.25, -0.2) is 0 Å². The SMILES string of the molecule is Cc1[nH]ncc1-c1ccnc2c(NC(=O)c3ccc(OC(C)C)cc3)cccc12. The van der Waals surface area contributed by atoms with Crippen LogP contribution < -0.4 is 10.1 Å². The molecule has 2 aromatic heterocycles. The van der Waals surface area contributed by atoms with E-state index in [4.69, 9.17) is 4.74 Å². The highest BCUT2D eigenvalue weighted by atomic mass is 16.5. The van der Waals surface area contributed by atoms with Crippen LogP contribution in [0, 0.1) is 6.92 Å². The second-order valence-electron chi connectivity index (χ2n) is 7.11. The quantitative estimate of drug-likeness (QED) is 0.507. The first kappa shape index (κ1) is 18.7. The number of H-pyrrole nitrogens is 1. The van der Waals surface area contributed by atoms with Gasteiger partial charge in [0.05, 0.1) is 23.5 Å². The van der Waals surface area contributed by atoms with E-state index in [9.17, 15) is 4.79 Å². The average Bonchev–Trinajstić information content (AvgIpc) is 3.13. The molecule has 4 aromatic rings. The van der Waals surface area contributed by atoms with Gasteiger partial charge in [0.15, 0.2) is 0 Å². The minimum Gasteiger partial charge on any atom is -0.491 e. The maximum atomic E-state index is 12.8. The molecule has 2 aromatic carbocycles. The number of anilines is 1. The standard InChI is InChI=1S/C23H22N4O2/c1-14(2)29-17-9-7-16(8-10-17)23(28)26-21-6-4-5-19-18(11-12-24-22(19)21)20-13-25-27-15(20)3/h4-14H,1-3H3,(H,25,27)(H,26,28). The number of rotatable bonds is 5. The van der Waals surface area contributed by atoms with Gasteiger partial charge in [0, 0.05) is 28.4 Å². The maximum absolute atomic E-state index is 12.8. The van der Waals surface area contributed by atoms with Crippen molar-refractivity contribution in [1.82, 2.24) is 15.2 Å². The summed E-state index contributed by atoms with van der Waals surface area (Å²) in [7, 11) is 0. The van der Waals surface area contributed by atoms with Crippen molar-refractivity contribution in [2.75, 3.05) is 5.32 Å². The van der Waals surface area contributed by atoms with Crippen molar-refractivity contribution in [2.24, 2.45) is 0 Å². The largest absolute Gasteiger partial charge is 0.491 e. The van der Waals surface area contributed by atoms with Crippen molar-refractivity contribution >= 4 is 22.5 Å². The molecule has 0 atom stereocenters. The first-order chi connectivity index (χ1) is 14.0. The Morgan fingerprint density at radius 2 is 1.86 bits per heavy atom. The summed E-state index contributed by atoms with van der Waals surface area (Å²) in [6.07, 6.45) is 3.64. The zero-order chi connectivity index (χ0) is 20.4. The van der Waals surface area contributed by atoms with Crippen LogP contribution in [0.4, 0.5) is 5.69 Å². The fourth-order valence-electron chi connectivity index (χ4n) is 3.29. The van der Waals surface area contributed by atoms with Crippen LogP contribution in [-0.2, 0) is 0 Å². The number of benzene rings is 2. The summed E-state index contributed by atoms with van der Waals surface area (Å²) in [6.45, 7) is 5.91. The Kier molecular flexibility index (Phi) is 4.99. The summed E-state index contributed by atoms with van der Waals surface area (Å²) in [5, 5.41) is 11.0. The number of para-hydroxylation sites is 1. The van der Waals surface area contributed by atoms with E-state index in [1.165, 1.54) is 0 Å². The van der Waals surface area contributed by atoms with Gasteiger partial charge in [-0.1, -0.05) is 12.1 Å². The van der Waals surface area contributed by atoms with Crippen LogP contribution in [0.15, 0.2) is 60.9 Å². The predicted molar refractivity (Wildman–Crippen MR) is 114 cm³/mol. The van der Waals surface area contributed by atoms with Gasteiger partial charge in [-0.05, 0) is 62.7 Å². The predicted octanol–water partition coefficient (Wildman–Crippen LogP) is 4.97. The summed E-state index contributed by atoms with van der Waals surface area (Å²) in [5.41, 5.74) is 4.97. The zero-order valence-electron chi connectivity index (χ0n) is 16.6. The molecule has 0 bridgehead atoms. The topological polar surface area (TPSA) is 79.9 Å². The number of nitrogens with one attached hydrogen (secondary N) is 2. The van der Waals surface area contributed by atoms with Crippen LogP contribution >= 0.6 is 0 Å². The molecule has 0 saturated carbocycles. The van der Waals surface area contributed by atoms with Crippen molar-refractivity contribution in [1.29, 1.82) is 0 Å². The van der Waals surface area contributed by atoms with E-state index in [0.29, 0.717) is 11.3 Å². The number of nitrogens with zero attached hydrogens (tertiary/aromatic N) is 2. The minimum atomic E-state index is -0.194. The number of hydrogen-bond acceptors (Lipinski definition) is 4. The van der Waals surface area contributed by atoms with Crippen LogP contribution in [-0.4, -0.2) is 27.2 Å². The number of pyridine rings is 1. The Balaban J connectivity index is 1.65. The van der Waals surface area contributed by atoms with E-state index >= 15 is 0 Å². The van der Waals surface area contributed by atoms with Crippen LogP contribution in [0.2, 0.25) is 0 Å². The summed E-state index contributed by atoms with van der Waals surface area (Å²) < 4.78 is 5.63. The number of carbonyl (C=O) groups excluding carboxylic acids is 1. The summed E-state index contributed by atoms with van der Waals surface area (Å²) in [5.74, 6) is 0.545. The molecule has 2 heterocycles. The second kappa shape index (κ2) is 7.75. The van der Waals surface area contributed by atoms with Crippen LogP contribution in [0.3, 0.4) is 0 Å². The minimum absolute atomic E-state index is 0.0875. The molecule has 0 spiro atoms. The number of aryl methyl sites for hydroxylation is 1. The number of fused-ring (bicyclic) bond motifs is 1. The van der Waals surface area contributed by atoms with Crippen molar-refractivity contribution in [3.05, 3.63) is 72.2 Å². The van der Waals surface area contributed by atoms with Gasteiger partial charge >= 0.3 is 0 Å². The summed E-state index contributed by atoms with van der Waals surface area (Å²) >= 11 is 0. The Morgan fingerprint density at radius 3 is 2.55 bits per heavy atom. The molecule has 29 heavy (non-hydrogen) atoms.